The van der Waals surface area contributed by atoms with Crippen molar-refractivity contribution in [3.8, 4) is 0 Å². The smallest absolute Gasteiger partial charge is 0.371 e. The highest BCUT2D eigenvalue weighted by atomic mass is 32.2. The summed E-state index contributed by atoms with van der Waals surface area (Å²) in [6.45, 7) is 0.883. The third kappa shape index (κ3) is 4.33. The van der Waals surface area contributed by atoms with Gasteiger partial charge in [0, 0.05) is 12.6 Å². The van der Waals surface area contributed by atoms with E-state index in [4.69, 9.17) is 20.0 Å². The first-order chi connectivity index (χ1) is 9.24. The van der Waals surface area contributed by atoms with Crippen molar-refractivity contribution in [2.24, 2.45) is 5.73 Å². The molecular formula is C10H14N2O7S. The largest absolute Gasteiger partial charge is 0.475 e. The molecule has 1 aromatic heterocycles. The summed E-state index contributed by atoms with van der Waals surface area (Å²) in [5.74, 6) is -2.52. The summed E-state index contributed by atoms with van der Waals surface area (Å²) in [4.78, 5) is 20.8. The van der Waals surface area contributed by atoms with Gasteiger partial charge in [-0.25, -0.2) is 17.9 Å². The Kier molecular flexibility index (Phi) is 5.25. The molecule has 1 rings (SSSR count). The fourth-order valence-corrected chi connectivity index (χ4v) is 2.53. The zero-order valence-electron chi connectivity index (χ0n) is 10.6. The first kappa shape index (κ1) is 16.1. The van der Waals surface area contributed by atoms with Crippen LogP contribution in [0.15, 0.2) is 15.4 Å². The maximum absolute atomic E-state index is 11.9. The number of nitrogens with two attached hydrogens (primary N) is 1. The molecule has 0 saturated heterocycles. The van der Waals surface area contributed by atoms with Gasteiger partial charge < -0.3 is 20.0 Å². The third-order valence-corrected chi connectivity index (χ3v) is 3.72. The number of hydrogen-bond donors (Lipinski definition) is 3. The lowest BCUT2D eigenvalue weighted by atomic mass is 10.4. The minimum atomic E-state index is -3.91. The fourth-order valence-electron chi connectivity index (χ4n) is 1.34. The van der Waals surface area contributed by atoms with Gasteiger partial charge in [0.05, 0.1) is 6.61 Å². The Morgan fingerprint density at radius 3 is 2.65 bits per heavy atom. The Labute approximate surface area is 114 Å². The number of rotatable bonds is 8. The van der Waals surface area contributed by atoms with E-state index in [0.29, 0.717) is 0 Å². The van der Waals surface area contributed by atoms with Crippen molar-refractivity contribution >= 4 is 21.9 Å². The molecule has 0 atom stereocenters. The van der Waals surface area contributed by atoms with Crippen LogP contribution in [0.25, 0.3) is 0 Å². The average molecular weight is 306 g/mol. The standard InChI is InChI=1S/C10H14N2O7S/c1-6-8(4-7(19-6)10(14)15)20(16,17)12-2-3-18-5-9(11)13/h4,12H,2-3,5H2,1H3,(H2,11,13)(H,14,15). The average Bonchev–Trinajstić information content (AvgIpc) is 2.71. The van der Waals surface area contributed by atoms with Gasteiger partial charge in [0.25, 0.3) is 0 Å². The number of carbonyl (C=O) groups is 2. The van der Waals surface area contributed by atoms with Crippen LogP contribution >= 0.6 is 0 Å². The second-order valence-corrected chi connectivity index (χ2v) is 5.49. The highest BCUT2D eigenvalue weighted by Crippen LogP contribution is 2.19. The topological polar surface area (TPSA) is 149 Å². The molecule has 10 heteroatoms. The number of primary amides is 1. The van der Waals surface area contributed by atoms with Crippen LogP contribution in [-0.4, -0.2) is 45.2 Å². The van der Waals surface area contributed by atoms with Crippen LogP contribution in [0, 0.1) is 6.92 Å². The maximum Gasteiger partial charge on any atom is 0.371 e. The number of aromatic carboxylic acids is 1. The van der Waals surface area contributed by atoms with Crippen LogP contribution in [0.4, 0.5) is 0 Å². The molecule has 0 saturated carbocycles. The van der Waals surface area contributed by atoms with Crippen molar-refractivity contribution in [3.63, 3.8) is 0 Å². The highest BCUT2D eigenvalue weighted by Gasteiger charge is 2.23. The molecule has 0 radical (unpaired) electrons. The van der Waals surface area contributed by atoms with E-state index in [1.54, 1.807) is 0 Å². The van der Waals surface area contributed by atoms with Crippen LogP contribution in [0.2, 0.25) is 0 Å². The second kappa shape index (κ2) is 6.50. The molecule has 0 bridgehead atoms. The fraction of sp³-hybridized carbons (Fsp3) is 0.400. The Balaban J connectivity index is 2.65. The number of aryl methyl sites for hydroxylation is 1. The zero-order valence-corrected chi connectivity index (χ0v) is 11.4. The predicted molar refractivity (Wildman–Crippen MR) is 65.6 cm³/mol. The van der Waals surface area contributed by atoms with Crippen molar-refractivity contribution in [3.05, 3.63) is 17.6 Å². The molecule has 0 aromatic carbocycles. The van der Waals surface area contributed by atoms with Crippen molar-refractivity contribution in [1.29, 1.82) is 0 Å². The normalized spacial score (nSPS) is 11.4. The summed E-state index contributed by atoms with van der Waals surface area (Å²) in [7, 11) is -3.91. The predicted octanol–water partition coefficient (Wildman–Crippen LogP) is -0.934. The van der Waals surface area contributed by atoms with Crippen molar-refractivity contribution < 1.29 is 32.3 Å². The Bertz CT molecular complexity index is 605. The number of furan rings is 1. The summed E-state index contributed by atoms with van der Waals surface area (Å²) in [6.07, 6.45) is 0. The van der Waals surface area contributed by atoms with E-state index >= 15 is 0 Å². The van der Waals surface area contributed by atoms with Crippen molar-refractivity contribution in [1.82, 2.24) is 4.72 Å². The summed E-state index contributed by atoms with van der Waals surface area (Å²) in [5.41, 5.74) is 4.83. The van der Waals surface area contributed by atoms with Gasteiger partial charge in [0.1, 0.15) is 17.3 Å². The summed E-state index contributed by atoms with van der Waals surface area (Å²) >= 11 is 0. The molecule has 1 aromatic rings. The van der Waals surface area contributed by atoms with Crippen LogP contribution in [0.1, 0.15) is 16.3 Å². The molecule has 0 fully saturated rings. The molecule has 0 aliphatic heterocycles. The van der Waals surface area contributed by atoms with Gasteiger partial charge in [0.15, 0.2) is 0 Å². The van der Waals surface area contributed by atoms with Gasteiger partial charge >= 0.3 is 5.97 Å². The Hall–Kier alpha value is -1.91. The van der Waals surface area contributed by atoms with E-state index in [2.05, 4.69) is 4.72 Å². The minimum Gasteiger partial charge on any atom is -0.475 e. The lowest BCUT2D eigenvalue weighted by molar-refractivity contribution is -0.122. The second-order valence-electron chi connectivity index (χ2n) is 3.75. The minimum absolute atomic E-state index is 0.0343. The number of hydrogen-bond acceptors (Lipinski definition) is 6. The van der Waals surface area contributed by atoms with E-state index in [1.807, 2.05) is 0 Å². The van der Waals surface area contributed by atoms with Gasteiger partial charge in [-0.3, -0.25) is 4.79 Å². The van der Waals surface area contributed by atoms with Crippen LogP contribution < -0.4 is 10.5 Å². The molecule has 4 N–H and O–H groups in total. The van der Waals surface area contributed by atoms with Crippen molar-refractivity contribution in [2.75, 3.05) is 19.8 Å². The van der Waals surface area contributed by atoms with Crippen LogP contribution in [0.5, 0.6) is 0 Å². The molecule has 0 unspecified atom stereocenters. The number of carboxylic acids is 1. The number of carboxylic acid groups (broad SMARTS) is 1. The summed E-state index contributed by atoms with van der Waals surface area (Å²) in [5, 5.41) is 8.71. The zero-order chi connectivity index (χ0) is 15.3. The highest BCUT2D eigenvalue weighted by molar-refractivity contribution is 7.89. The van der Waals surface area contributed by atoms with E-state index in [1.165, 1.54) is 6.92 Å². The van der Waals surface area contributed by atoms with Gasteiger partial charge in [-0.2, -0.15) is 0 Å². The number of carbonyl (C=O) groups excluding carboxylic acids is 1. The van der Waals surface area contributed by atoms with Gasteiger partial charge in [-0.1, -0.05) is 0 Å². The Morgan fingerprint density at radius 1 is 1.50 bits per heavy atom. The summed E-state index contributed by atoms with van der Waals surface area (Å²) < 4.78 is 35.5. The quantitative estimate of drug-likeness (QED) is 0.525. The maximum atomic E-state index is 11.9. The first-order valence-corrected chi connectivity index (χ1v) is 6.92. The molecular weight excluding hydrogens is 292 g/mol. The lowest BCUT2D eigenvalue weighted by Gasteiger charge is -2.05. The third-order valence-electron chi connectivity index (χ3n) is 2.16. The van der Waals surface area contributed by atoms with E-state index in [9.17, 15) is 18.0 Å². The first-order valence-electron chi connectivity index (χ1n) is 5.43. The van der Waals surface area contributed by atoms with Gasteiger partial charge in [-0.05, 0) is 6.92 Å². The SMILES string of the molecule is Cc1oc(C(=O)O)cc1S(=O)(=O)NCCOCC(N)=O. The monoisotopic (exact) mass is 306 g/mol. The molecule has 0 spiro atoms. The Morgan fingerprint density at radius 2 is 2.15 bits per heavy atom. The molecule has 1 heterocycles. The molecule has 112 valence electrons. The van der Waals surface area contributed by atoms with Crippen LogP contribution in [0.3, 0.4) is 0 Å². The molecule has 0 aliphatic carbocycles. The van der Waals surface area contributed by atoms with E-state index < -0.39 is 27.7 Å². The molecule has 20 heavy (non-hydrogen) atoms. The van der Waals surface area contributed by atoms with Gasteiger partial charge in [-0.15, -0.1) is 0 Å². The van der Waals surface area contributed by atoms with Crippen molar-refractivity contribution in [2.45, 2.75) is 11.8 Å². The van der Waals surface area contributed by atoms with E-state index in [-0.39, 0.29) is 30.4 Å². The summed E-state index contributed by atoms with van der Waals surface area (Å²) in [6, 6.07) is 0.921. The van der Waals surface area contributed by atoms with Crippen LogP contribution in [-0.2, 0) is 19.6 Å². The number of amides is 1. The molecule has 0 aliphatic rings. The van der Waals surface area contributed by atoms with Gasteiger partial charge in [0.2, 0.25) is 21.7 Å². The lowest BCUT2D eigenvalue weighted by Crippen LogP contribution is -2.29. The van der Waals surface area contributed by atoms with E-state index in [0.717, 1.165) is 6.07 Å². The number of sulfonamides is 1. The number of ether oxygens (including phenoxy) is 1. The molecule has 1 amide bonds. The molecule has 9 nitrogen and oxygen atoms in total. The number of nitrogens with one attached hydrogen (secondary N) is 1.